The fraction of sp³-hybridized carbons (Fsp3) is 0.538. The molecule has 114 valence electrons. The van der Waals surface area contributed by atoms with Crippen LogP contribution in [0.25, 0.3) is 0 Å². The molecule has 2 rings (SSSR count). The van der Waals surface area contributed by atoms with Crippen LogP contribution in [0.5, 0.6) is 0 Å². The van der Waals surface area contributed by atoms with Gasteiger partial charge in [0.25, 0.3) is 5.91 Å². The zero-order chi connectivity index (χ0) is 15.2. The topological polar surface area (TPSA) is 121 Å². The molecule has 1 aliphatic rings. The Kier molecular flexibility index (Phi) is 5.04. The zero-order valence-corrected chi connectivity index (χ0v) is 11.7. The average Bonchev–Trinajstić information content (AvgIpc) is 2.47. The number of hydrogen-bond donors (Lipinski definition) is 3. The fourth-order valence-corrected chi connectivity index (χ4v) is 2.45. The summed E-state index contributed by atoms with van der Waals surface area (Å²) in [6.45, 7) is 2.30. The number of piperidine rings is 1. The van der Waals surface area contributed by atoms with Crippen molar-refractivity contribution in [2.45, 2.75) is 12.8 Å². The van der Waals surface area contributed by atoms with Crippen LogP contribution < -0.4 is 16.0 Å². The van der Waals surface area contributed by atoms with Gasteiger partial charge < -0.3 is 21.1 Å². The molecule has 1 amide bonds. The maximum atomic E-state index is 11.0. The van der Waals surface area contributed by atoms with Gasteiger partial charge in [0, 0.05) is 19.6 Å². The first kappa shape index (κ1) is 15.2. The van der Waals surface area contributed by atoms with Gasteiger partial charge in [0.1, 0.15) is 0 Å². The van der Waals surface area contributed by atoms with Gasteiger partial charge in [-0.25, -0.2) is 0 Å². The third-order valence-electron chi connectivity index (χ3n) is 3.46. The van der Waals surface area contributed by atoms with Crippen LogP contribution in [0.15, 0.2) is 12.1 Å². The van der Waals surface area contributed by atoms with Crippen molar-refractivity contribution in [1.29, 1.82) is 0 Å². The molecule has 1 fully saturated rings. The highest BCUT2D eigenvalue weighted by molar-refractivity contribution is 5.90. The number of primary amides is 1. The predicted molar refractivity (Wildman–Crippen MR) is 76.0 cm³/mol. The van der Waals surface area contributed by atoms with Crippen LogP contribution in [0.3, 0.4) is 0 Å². The van der Waals surface area contributed by atoms with Crippen LogP contribution >= 0.6 is 0 Å². The Bertz CT molecular complexity index is 505. The molecule has 0 aromatic carbocycles. The minimum Gasteiger partial charge on any atom is -0.480 e. The van der Waals surface area contributed by atoms with E-state index in [1.807, 2.05) is 0 Å². The second kappa shape index (κ2) is 6.98. The number of nitrogens with one attached hydrogen (secondary N) is 1. The van der Waals surface area contributed by atoms with Gasteiger partial charge >= 0.3 is 5.97 Å². The van der Waals surface area contributed by atoms with Gasteiger partial charge in [-0.1, -0.05) is 0 Å². The Balaban J connectivity index is 1.90. The molecular formula is C13H19N5O3. The molecule has 21 heavy (non-hydrogen) atoms. The van der Waals surface area contributed by atoms with E-state index in [1.54, 1.807) is 12.1 Å². The molecular weight excluding hydrogens is 274 g/mol. The lowest BCUT2D eigenvalue weighted by atomic mass is 9.98. The summed E-state index contributed by atoms with van der Waals surface area (Å²) in [5.74, 6) is -0.363. The van der Waals surface area contributed by atoms with Gasteiger partial charge in [0.15, 0.2) is 11.5 Å². The molecule has 0 saturated carbocycles. The van der Waals surface area contributed by atoms with Crippen LogP contribution in [0, 0.1) is 5.92 Å². The van der Waals surface area contributed by atoms with Crippen LogP contribution in [-0.4, -0.2) is 53.4 Å². The highest BCUT2D eigenvalue weighted by Crippen LogP contribution is 2.20. The smallest absolute Gasteiger partial charge is 0.317 e. The predicted octanol–water partition coefficient (Wildman–Crippen LogP) is -0.534. The molecule has 4 N–H and O–H groups in total. The second-order valence-corrected chi connectivity index (χ2v) is 5.12. The molecule has 8 heteroatoms. The molecule has 0 bridgehead atoms. The van der Waals surface area contributed by atoms with E-state index < -0.39 is 11.9 Å². The van der Waals surface area contributed by atoms with Crippen molar-refractivity contribution in [2.24, 2.45) is 11.7 Å². The minimum absolute atomic E-state index is 0.0242. The first-order chi connectivity index (χ1) is 10.1. The molecule has 0 spiro atoms. The average molecular weight is 293 g/mol. The third kappa shape index (κ3) is 4.38. The van der Waals surface area contributed by atoms with Gasteiger partial charge in [-0.15, -0.1) is 10.2 Å². The Labute approximate surface area is 122 Å². The first-order valence-electron chi connectivity index (χ1n) is 6.87. The number of carbonyl (C=O) groups is 2. The van der Waals surface area contributed by atoms with E-state index in [1.165, 1.54) is 0 Å². The van der Waals surface area contributed by atoms with E-state index >= 15 is 0 Å². The van der Waals surface area contributed by atoms with Crippen molar-refractivity contribution in [2.75, 3.05) is 31.1 Å². The van der Waals surface area contributed by atoms with Crippen molar-refractivity contribution in [1.82, 2.24) is 15.5 Å². The number of anilines is 1. The van der Waals surface area contributed by atoms with Gasteiger partial charge in [-0.2, -0.15) is 0 Å². The van der Waals surface area contributed by atoms with Crippen LogP contribution in [0.4, 0.5) is 5.82 Å². The summed E-state index contributed by atoms with van der Waals surface area (Å²) in [4.78, 5) is 23.5. The largest absolute Gasteiger partial charge is 0.480 e. The molecule has 1 saturated heterocycles. The van der Waals surface area contributed by atoms with Gasteiger partial charge in [0.2, 0.25) is 0 Å². The molecule has 1 unspecified atom stereocenters. The van der Waals surface area contributed by atoms with Crippen LogP contribution in [-0.2, 0) is 4.79 Å². The number of carboxylic acid groups (broad SMARTS) is 1. The number of hydrogen-bond acceptors (Lipinski definition) is 6. The summed E-state index contributed by atoms with van der Waals surface area (Å²) in [6, 6.07) is 3.30. The molecule has 1 aromatic heterocycles. The Morgan fingerprint density at radius 3 is 2.86 bits per heavy atom. The minimum atomic E-state index is -0.851. The first-order valence-corrected chi connectivity index (χ1v) is 6.87. The lowest BCUT2D eigenvalue weighted by molar-refractivity contribution is -0.136. The maximum absolute atomic E-state index is 11.0. The molecule has 1 atom stereocenters. The summed E-state index contributed by atoms with van der Waals surface area (Å²) in [5.41, 5.74) is 5.28. The lowest BCUT2D eigenvalue weighted by Crippen LogP contribution is -2.41. The molecule has 2 heterocycles. The number of amides is 1. The summed E-state index contributed by atoms with van der Waals surface area (Å²) < 4.78 is 0. The molecule has 0 aliphatic carbocycles. The molecule has 1 aromatic rings. The van der Waals surface area contributed by atoms with E-state index in [4.69, 9.17) is 10.8 Å². The number of aromatic nitrogens is 2. The summed E-state index contributed by atoms with van der Waals surface area (Å²) in [6.07, 6.45) is 2.06. The van der Waals surface area contributed by atoms with E-state index in [9.17, 15) is 9.59 Å². The molecule has 8 nitrogen and oxygen atoms in total. The van der Waals surface area contributed by atoms with E-state index in [2.05, 4.69) is 20.4 Å². The zero-order valence-electron chi connectivity index (χ0n) is 11.7. The maximum Gasteiger partial charge on any atom is 0.317 e. The SMILES string of the molecule is NC(=O)c1ccc(N2CCCC(CNCC(=O)O)C2)nn1. The number of carbonyl (C=O) groups excluding carboxylic acids is 1. The standard InChI is InChI=1S/C13H19N5O3/c14-13(21)10-3-4-11(17-16-10)18-5-1-2-9(8-18)6-15-7-12(19)20/h3-4,9,15H,1-2,5-8H2,(H2,14,21)(H,19,20). The summed E-state index contributed by atoms with van der Waals surface area (Å²) in [5, 5.41) is 19.4. The van der Waals surface area contributed by atoms with E-state index in [-0.39, 0.29) is 12.2 Å². The van der Waals surface area contributed by atoms with Crippen LogP contribution in [0.1, 0.15) is 23.3 Å². The highest BCUT2D eigenvalue weighted by atomic mass is 16.4. The van der Waals surface area contributed by atoms with Crippen LogP contribution in [0.2, 0.25) is 0 Å². The summed E-state index contributed by atoms with van der Waals surface area (Å²) in [7, 11) is 0. The number of nitrogens with two attached hydrogens (primary N) is 1. The molecule has 0 radical (unpaired) electrons. The normalized spacial score (nSPS) is 18.5. The van der Waals surface area contributed by atoms with Crippen molar-refractivity contribution in [3.8, 4) is 0 Å². The number of rotatable bonds is 6. The Morgan fingerprint density at radius 2 is 2.24 bits per heavy atom. The van der Waals surface area contributed by atoms with Gasteiger partial charge in [-0.3, -0.25) is 9.59 Å². The third-order valence-corrected chi connectivity index (χ3v) is 3.46. The number of aliphatic carboxylic acids is 1. The summed E-state index contributed by atoms with van der Waals surface area (Å²) >= 11 is 0. The number of carboxylic acids is 1. The second-order valence-electron chi connectivity index (χ2n) is 5.12. The van der Waals surface area contributed by atoms with Crippen molar-refractivity contribution >= 4 is 17.7 Å². The molecule has 1 aliphatic heterocycles. The van der Waals surface area contributed by atoms with Crippen molar-refractivity contribution in [3.05, 3.63) is 17.8 Å². The van der Waals surface area contributed by atoms with Gasteiger partial charge in [0.05, 0.1) is 6.54 Å². The Morgan fingerprint density at radius 1 is 1.43 bits per heavy atom. The Hall–Kier alpha value is -2.22. The van der Waals surface area contributed by atoms with Crippen molar-refractivity contribution in [3.63, 3.8) is 0 Å². The quantitative estimate of drug-likeness (QED) is 0.644. The monoisotopic (exact) mass is 293 g/mol. The van der Waals surface area contributed by atoms with E-state index in [0.717, 1.165) is 25.9 Å². The van der Waals surface area contributed by atoms with Crippen molar-refractivity contribution < 1.29 is 14.7 Å². The highest BCUT2D eigenvalue weighted by Gasteiger charge is 2.21. The fourth-order valence-electron chi connectivity index (χ4n) is 2.45. The number of nitrogens with zero attached hydrogens (tertiary/aromatic N) is 3. The van der Waals surface area contributed by atoms with E-state index in [0.29, 0.717) is 18.3 Å². The van der Waals surface area contributed by atoms with Gasteiger partial charge in [-0.05, 0) is 30.9 Å². The lowest BCUT2D eigenvalue weighted by Gasteiger charge is -2.33.